The third-order valence-corrected chi connectivity index (χ3v) is 5.47. The topological polar surface area (TPSA) is 60.2 Å². The largest absolute Gasteiger partial charge is 0.370 e. The number of alkyl halides is 1. The van der Waals surface area contributed by atoms with Gasteiger partial charge in [0.1, 0.15) is 0 Å². The van der Waals surface area contributed by atoms with Crippen LogP contribution in [0.2, 0.25) is 0 Å². The fourth-order valence-corrected chi connectivity index (χ4v) is 4.61. The summed E-state index contributed by atoms with van der Waals surface area (Å²) in [4.78, 5) is 23.3. The number of amides is 1. The molecule has 3 nitrogen and oxygen atoms in total. The van der Waals surface area contributed by atoms with Gasteiger partial charge in [0.15, 0.2) is 5.78 Å². The van der Waals surface area contributed by atoms with E-state index in [2.05, 4.69) is 15.9 Å². The van der Waals surface area contributed by atoms with Crippen LogP contribution >= 0.6 is 15.9 Å². The predicted octanol–water partition coefficient (Wildman–Crippen LogP) is 1.77. The number of carbonyl (C=O) groups is 2. The molecule has 2 saturated carbocycles. The Morgan fingerprint density at radius 2 is 2.07 bits per heavy atom. The summed E-state index contributed by atoms with van der Waals surface area (Å²) in [6.45, 7) is 3.89. The first-order valence-corrected chi connectivity index (χ1v) is 6.05. The molecule has 0 aromatic rings. The van der Waals surface area contributed by atoms with Crippen molar-refractivity contribution in [3.63, 3.8) is 0 Å². The number of ketones is 1. The van der Waals surface area contributed by atoms with Crippen molar-refractivity contribution in [2.75, 3.05) is 0 Å². The maximum atomic E-state index is 12.2. The van der Waals surface area contributed by atoms with Crippen molar-refractivity contribution >= 4 is 27.6 Å². The fourth-order valence-electron chi connectivity index (χ4n) is 3.38. The monoisotopic (exact) mass is 273 g/mol. The standard InChI is InChI=1S/C11H16BrNO2/c1-9(2)8(15)11(12)4-3-10(9,6-11)5-7(13)14/h3-6H2,1-2H3,(H2,13,14)/t10-,11-/m0/s1. The van der Waals surface area contributed by atoms with Crippen LogP contribution in [0.15, 0.2) is 0 Å². The number of hydrogen-bond acceptors (Lipinski definition) is 2. The van der Waals surface area contributed by atoms with Gasteiger partial charge in [-0.1, -0.05) is 29.8 Å². The van der Waals surface area contributed by atoms with Crippen LogP contribution in [0.4, 0.5) is 0 Å². The molecule has 0 heterocycles. The van der Waals surface area contributed by atoms with Crippen molar-refractivity contribution in [2.24, 2.45) is 16.6 Å². The van der Waals surface area contributed by atoms with Gasteiger partial charge >= 0.3 is 0 Å². The quantitative estimate of drug-likeness (QED) is 0.780. The SMILES string of the molecule is CC1(C)C(=O)[C@]2(Br)CC[C@]1(CC(N)=O)C2. The fraction of sp³-hybridized carbons (Fsp3) is 0.818. The molecule has 2 rings (SSSR count). The lowest BCUT2D eigenvalue weighted by Crippen LogP contribution is -2.44. The van der Waals surface area contributed by atoms with Gasteiger partial charge in [-0.2, -0.15) is 0 Å². The number of primary amides is 1. The number of hydrogen-bond donors (Lipinski definition) is 1. The van der Waals surface area contributed by atoms with E-state index in [0.717, 1.165) is 19.3 Å². The van der Waals surface area contributed by atoms with Crippen LogP contribution in [-0.4, -0.2) is 16.0 Å². The number of nitrogens with two attached hydrogens (primary N) is 1. The Bertz CT molecular complexity index is 352. The van der Waals surface area contributed by atoms with Crippen LogP contribution in [0.1, 0.15) is 39.5 Å². The zero-order chi connectivity index (χ0) is 11.5. The summed E-state index contributed by atoms with van der Waals surface area (Å²) in [5, 5.41) is 0. The summed E-state index contributed by atoms with van der Waals surface area (Å²) in [6, 6.07) is 0. The maximum Gasteiger partial charge on any atom is 0.218 e. The molecule has 2 aliphatic rings. The maximum absolute atomic E-state index is 12.2. The van der Waals surface area contributed by atoms with Gasteiger partial charge in [-0.15, -0.1) is 0 Å². The van der Waals surface area contributed by atoms with E-state index in [0.29, 0.717) is 6.42 Å². The molecule has 0 saturated heterocycles. The van der Waals surface area contributed by atoms with Crippen molar-refractivity contribution in [3.05, 3.63) is 0 Å². The molecule has 2 bridgehead atoms. The average molecular weight is 274 g/mol. The molecular formula is C11H16BrNO2. The van der Waals surface area contributed by atoms with E-state index in [1.165, 1.54) is 0 Å². The molecule has 0 radical (unpaired) electrons. The zero-order valence-electron chi connectivity index (χ0n) is 9.10. The molecule has 0 spiro atoms. The number of carbonyl (C=O) groups excluding carboxylic acids is 2. The Hall–Kier alpha value is -0.380. The van der Waals surface area contributed by atoms with Crippen molar-refractivity contribution in [2.45, 2.75) is 43.9 Å². The minimum absolute atomic E-state index is 0.209. The van der Waals surface area contributed by atoms with E-state index in [4.69, 9.17) is 5.73 Å². The molecule has 0 aromatic carbocycles. The summed E-state index contributed by atoms with van der Waals surface area (Å²) in [7, 11) is 0. The Kier molecular flexibility index (Phi) is 2.11. The molecule has 15 heavy (non-hydrogen) atoms. The minimum atomic E-state index is -0.427. The Morgan fingerprint density at radius 3 is 2.47 bits per heavy atom. The third kappa shape index (κ3) is 1.23. The highest BCUT2D eigenvalue weighted by Crippen LogP contribution is 2.67. The highest BCUT2D eigenvalue weighted by atomic mass is 79.9. The molecule has 1 amide bonds. The zero-order valence-corrected chi connectivity index (χ0v) is 10.7. The lowest BCUT2D eigenvalue weighted by atomic mass is 9.63. The summed E-state index contributed by atoms with van der Waals surface area (Å²) in [5.41, 5.74) is 4.66. The van der Waals surface area contributed by atoms with Crippen LogP contribution < -0.4 is 5.73 Å². The second kappa shape index (κ2) is 2.84. The molecule has 2 aliphatic carbocycles. The van der Waals surface area contributed by atoms with Crippen LogP contribution in [-0.2, 0) is 9.59 Å². The first-order chi connectivity index (χ1) is 6.74. The predicted molar refractivity (Wildman–Crippen MR) is 60.5 cm³/mol. The van der Waals surface area contributed by atoms with Crippen LogP contribution in [0.3, 0.4) is 0 Å². The summed E-state index contributed by atoms with van der Waals surface area (Å²) < 4.78 is -0.383. The second-order valence-corrected chi connectivity index (χ2v) is 7.04. The van der Waals surface area contributed by atoms with Gasteiger partial charge in [0.05, 0.1) is 4.32 Å². The lowest BCUT2D eigenvalue weighted by Gasteiger charge is -2.40. The molecule has 0 aliphatic heterocycles. The average Bonchev–Trinajstić information content (AvgIpc) is 2.48. The van der Waals surface area contributed by atoms with E-state index in [1.54, 1.807) is 0 Å². The first kappa shape index (κ1) is 11.1. The molecule has 0 unspecified atom stereocenters. The minimum Gasteiger partial charge on any atom is -0.370 e. The number of rotatable bonds is 2. The van der Waals surface area contributed by atoms with Crippen LogP contribution in [0.25, 0.3) is 0 Å². The number of Topliss-reactive ketones (excluding diaryl/α,β-unsaturated/α-hetero) is 1. The molecule has 84 valence electrons. The van der Waals surface area contributed by atoms with Crippen molar-refractivity contribution < 1.29 is 9.59 Å². The molecule has 4 heteroatoms. The molecular weight excluding hydrogens is 258 g/mol. The van der Waals surface area contributed by atoms with E-state index >= 15 is 0 Å². The first-order valence-electron chi connectivity index (χ1n) is 5.26. The molecule has 0 aromatic heterocycles. The van der Waals surface area contributed by atoms with Gasteiger partial charge < -0.3 is 5.73 Å². The van der Waals surface area contributed by atoms with Crippen molar-refractivity contribution in [1.82, 2.24) is 0 Å². The molecule has 2 fully saturated rings. The van der Waals surface area contributed by atoms with Gasteiger partial charge in [-0.3, -0.25) is 9.59 Å². The van der Waals surface area contributed by atoms with Gasteiger partial charge in [0.2, 0.25) is 5.91 Å². The van der Waals surface area contributed by atoms with E-state index in [-0.39, 0.29) is 21.4 Å². The highest BCUT2D eigenvalue weighted by molar-refractivity contribution is 9.10. The van der Waals surface area contributed by atoms with Gasteiger partial charge in [0.25, 0.3) is 0 Å². The second-order valence-electron chi connectivity index (χ2n) is 5.52. The van der Waals surface area contributed by atoms with Crippen LogP contribution in [0.5, 0.6) is 0 Å². The lowest BCUT2D eigenvalue weighted by molar-refractivity contribution is -0.134. The highest BCUT2D eigenvalue weighted by Gasteiger charge is 2.68. The number of halogens is 1. The Labute approximate surface area is 97.9 Å². The van der Waals surface area contributed by atoms with E-state index < -0.39 is 5.41 Å². The Morgan fingerprint density at radius 1 is 1.47 bits per heavy atom. The van der Waals surface area contributed by atoms with Gasteiger partial charge in [0, 0.05) is 11.8 Å². The number of fused-ring (bicyclic) bond motifs is 2. The van der Waals surface area contributed by atoms with E-state index in [1.807, 2.05) is 13.8 Å². The smallest absolute Gasteiger partial charge is 0.218 e. The van der Waals surface area contributed by atoms with Crippen molar-refractivity contribution in [3.8, 4) is 0 Å². The van der Waals surface area contributed by atoms with Gasteiger partial charge in [-0.05, 0) is 24.7 Å². The van der Waals surface area contributed by atoms with E-state index in [9.17, 15) is 9.59 Å². The normalized spacial score (nSPS) is 42.2. The van der Waals surface area contributed by atoms with Crippen molar-refractivity contribution in [1.29, 1.82) is 0 Å². The summed E-state index contributed by atoms with van der Waals surface area (Å²) >= 11 is 3.55. The van der Waals surface area contributed by atoms with Gasteiger partial charge in [-0.25, -0.2) is 0 Å². The third-order valence-electron chi connectivity index (χ3n) is 4.43. The Balaban J connectivity index is 2.42. The summed E-state index contributed by atoms with van der Waals surface area (Å²) in [6.07, 6.45) is 2.84. The summed E-state index contributed by atoms with van der Waals surface area (Å²) in [5.74, 6) is -0.0583. The molecule has 2 atom stereocenters. The molecule has 2 N–H and O–H groups in total. The van der Waals surface area contributed by atoms with Crippen LogP contribution in [0, 0.1) is 10.8 Å².